The fourth-order valence-corrected chi connectivity index (χ4v) is 1.63. The molecule has 98 valence electrons. The zero-order valence-electron chi connectivity index (χ0n) is 9.85. The van der Waals surface area contributed by atoms with Gasteiger partial charge in [-0.3, -0.25) is 0 Å². The van der Waals surface area contributed by atoms with Crippen molar-refractivity contribution in [1.82, 2.24) is 0 Å². The lowest BCUT2D eigenvalue weighted by Crippen LogP contribution is -2.49. The summed E-state index contributed by atoms with van der Waals surface area (Å²) in [5.74, 6) is 0. The average molecular weight is 261 g/mol. The highest BCUT2D eigenvalue weighted by Gasteiger charge is 2.05. The topological polar surface area (TPSA) is 137 Å². The molecular formula is C10H19N3O3S. The van der Waals surface area contributed by atoms with Gasteiger partial charge in [0, 0.05) is 5.69 Å². The van der Waals surface area contributed by atoms with Gasteiger partial charge in [-0.25, -0.2) is 8.42 Å². The Morgan fingerprint density at radius 2 is 1.94 bits per heavy atom. The summed E-state index contributed by atoms with van der Waals surface area (Å²) in [5, 5.41) is 0. The van der Waals surface area contributed by atoms with Gasteiger partial charge in [-0.1, -0.05) is 13.3 Å². The van der Waals surface area contributed by atoms with Crippen LogP contribution >= 0.6 is 0 Å². The molecule has 0 aliphatic heterocycles. The number of anilines is 2. The summed E-state index contributed by atoms with van der Waals surface area (Å²) in [6, 6.07) is 3.62. The van der Waals surface area contributed by atoms with Crippen LogP contribution in [0.3, 0.4) is 0 Å². The minimum Gasteiger partial charge on any atom is -0.744 e. The van der Waals surface area contributed by atoms with E-state index in [1.807, 2.05) is 0 Å². The van der Waals surface area contributed by atoms with Gasteiger partial charge >= 0.3 is 0 Å². The molecule has 0 heterocycles. The first-order chi connectivity index (χ1) is 7.82. The predicted molar refractivity (Wildman–Crippen MR) is 65.9 cm³/mol. The van der Waals surface area contributed by atoms with Gasteiger partial charge in [0.15, 0.2) is 0 Å². The molecule has 0 amide bonds. The molecule has 0 unspecified atom stereocenters. The lowest BCUT2D eigenvalue weighted by molar-refractivity contribution is -0.368. The van der Waals surface area contributed by atoms with Crippen molar-refractivity contribution in [2.75, 3.05) is 18.0 Å². The van der Waals surface area contributed by atoms with Gasteiger partial charge in [0.05, 0.1) is 17.1 Å². The van der Waals surface area contributed by atoms with E-state index in [2.05, 4.69) is 12.7 Å². The van der Waals surface area contributed by atoms with Crippen LogP contribution in [-0.2, 0) is 10.1 Å². The molecule has 6 nitrogen and oxygen atoms in total. The SMILES string of the molecule is CCCC[NH3+].Nc1ccc(S(=O)(=O)[O-])c(N)c1. The average Bonchev–Trinajstić information content (AvgIpc) is 2.17. The van der Waals surface area contributed by atoms with Gasteiger partial charge in [-0.2, -0.15) is 0 Å². The minimum absolute atomic E-state index is 0.120. The zero-order chi connectivity index (χ0) is 13.5. The van der Waals surface area contributed by atoms with Crippen LogP contribution < -0.4 is 17.2 Å². The van der Waals surface area contributed by atoms with Crippen LogP contribution in [0.1, 0.15) is 19.8 Å². The van der Waals surface area contributed by atoms with E-state index in [0.717, 1.165) is 12.6 Å². The number of unbranched alkanes of at least 4 members (excludes halogenated alkanes) is 1. The van der Waals surface area contributed by atoms with Crippen molar-refractivity contribution in [3.05, 3.63) is 18.2 Å². The summed E-state index contributed by atoms with van der Waals surface area (Å²) in [6.45, 7) is 3.27. The minimum atomic E-state index is -4.48. The van der Waals surface area contributed by atoms with Crippen molar-refractivity contribution in [3.8, 4) is 0 Å². The largest absolute Gasteiger partial charge is 0.744 e. The molecule has 0 spiro atoms. The Kier molecular flexibility index (Phi) is 6.55. The number of quaternary nitrogens is 1. The van der Waals surface area contributed by atoms with Crippen molar-refractivity contribution in [2.45, 2.75) is 24.7 Å². The first kappa shape index (κ1) is 15.7. The molecule has 17 heavy (non-hydrogen) atoms. The normalized spacial score (nSPS) is 10.5. The second-order valence-electron chi connectivity index (χ2n) is 3.46. The lowest BCUT2D eigenvalue weighted by atomic mass is 10.3. The molecule has 0 aliphatic carbocycles. The molecule has 0 saturated carbocycles. The van der Waals surface area contributed by atoms with E-state index in [1.165, 1.54) is 25.0 Å². The van der Waals surface area contributed by atoms with Crippen LogP contribution in [0, 0.1) is 0 Å². The zero-order valence-corrected chi connectivity index (χ0v) is 10.7. The van der Waals surface area contributed by atoms with Gasteiger partial charge in [-0.05, 0) is 24.6 Å². The maximum atomic E-state index is 10.5. The maximum absolute atomic E-state index is 10.5. The summed E-state index contributed by atoms with van der Waals surface area (Å²) in [4.78, 5) is -0.434. The van der Waals surface area contributed by atoms with Crippen LogP contribution in [-0.4, -0.2) is 19.5 Å². The number of nitrogens with two attached hydrogens (primary N) is 2. The molecular weight excluding hydrogens is 242 g/mol. The molecule has 0 fully saturated rings. The van der Waals surface area contributed by atoms with Crippen molar-refractivity contribution in [2.24, 2.45) is 0 Å². The molecule has 1 aromatic carbocycles. The first-order valence-electron chi connectivity index (χ1n) is 5.23. The Bertz CT molecular complexity index is 444. The van der Waals surface area contributed by atoms with Crippen LogP contribution in [0.15, 0.2) is 23.1 Å². The second-order valence-corrected chi connectivity index (χ2v) is 4.81. The third-order valence-electron chi connectivity index (χ3n) is 1.91. The number of benzene rings is 1. The first-order valence-corrected chi connectivity index (χ1v) is 6.63. The van der Waals surface area contributed by atoms with Crippen molar-refractivity contribution in [1.29, 1.82) is 0 Å². The molecule has 0 aromatic heterocycles. The van der Waals surface area contributed by atoms with E-state index in [-0.39, 0.29) is 5.69 Å². The summed E-state index contributed by atoms with van der Waals surface area (Å²) in [5.41, 5.74) is 14.4. The van der Waals surface area contributed by atoms with Gasteiger partial charge in [0.25, 0.3) is 0 Å². The van der Waals surface area contributed by atoms with Gasteiger partial charge in [0.2, 0.25) is 0 Å². The van der Waals surface area contributed by atoms with Crippen molar-refractivity contribution in [3.63, 3.8) is 0 Å². The molecule has 0 atom stereocenters. The fourth-order valence-electron chi connectivity index (χ4n) is 1.04. The predicted octanol–water partition coefficient (Wildman–Crippen LogP) is -0.216. The van der Waals surface area contributed by atoms with E-state index < -0.39 is 15.0 Å². The summed E-state index contributed by atoms with van der Waals surface area (Å²) >= 11 is 0. The van der Waals surface area contributed by atoms with Crippen LogP contribution in [0.2, 0.25) is 0 Å². The highest BCUT2D eigenvalue weighted by molar-refractivity contribution is 7.86. The lowest BCUT2D eigenvalue weighted by Gasteiger charge is -2.09. The smallest absolute Gasteiger partial charge is 0.126 e. The monoisotopic (exact) mass is 261 g/mol. The molecule has 1 rings (SSSR count). The van der Waals surface area contributed by atoms with E-state index >= 15 is 0 Å². The van der Waals surface area contributed by atoms with E-state index in [4.69, 9.17) is 11.5 Å². The highest BCUT2D eigenvalue weighted by Crippen LogP contribution is 2.19. The van der Waals surface area contributed by atoms with Crippen LogP contribution in [0.25, 0.3) is 0 Å². The fraction of sp³-hybridized carbons (Fsp3) is 0.400. The van der Waals surface area contributed by atoms with E-state index in [1.54, 1.807) is 0 Å². The molecule has 7 N–H and O–H groups in total. The standard InChI is InChI=1S/C6H8N2O3S.C4H11N/c7-4-1-2-6(5(8)3-4)12(9,10)11;1-2-3-4-5/h1-3H,7-8H2,(H,9,10,11);2-5H2,1H3. The number of rotatable bonds is 3. The third kappa shape index (κ3) is 6.10. The van der Waals surface area contributed by atoms with Gasteiger partial charge in [0.1, 0.15) is 10.1 Å². The summed E-state index contributed by atoms with van der Waals surface area (Å²) in [7, 11) is -4.48. The molecule has 0 bridgehead atoms. The molecule has 0 aliphatic rings. The maximum Gasteiger partial charge on any atom is 0.126 e. The van der Waals surface area contributed by atoms with Crippen molar-refractivity contribution >= 4 is 21.5 Å². The quantitative estimate of drug-likeness (QED) is 0.510. The van der Waals surface area contributed by atoms with E-state index in [9.17, 15) is 13.0 Å². The van der Waals surface area contributed by atoms with Crippen LogP contribution in [0.5, 0.6) is 0 Å². The Hall–Kier alpha value is -1.31. The van der Waals surface area contributed by atoms with Gasteiger partial charge < -0.3 is 21.8 Å². The summed E-state index contributed by atoms with van der Waals surface area (Å²) < 4.78 is 31.5. The Morgan fingerprint density at radius 1 is 1.35 bits per heavy atom. The van der Waals surface area contributed by atoms with Gasteiger partial charge in [-0.15, -0.1) is 0 Å². The molecule has 1 aromatic rings. The molecule has 0 radical (unpaired) electrons. The van der Waals surface area contributed by atoms with Crippen molar-refractivity contribution < 1.29 is 18.7 Å². The van der Waals surface area contributed by atoms with Crippen LogP contribution in [0.4, 0.5) is 11.4 Å². The third-order valence-corrected chi connectivity index (χ3v) is 2.82. The second kappa shape index (κ2) is 7.10. The number of nitrogen functional groups attached to an aromatic ring is 2. The number of hydrogen-bond acceptors (Lipinski definition) is 5. The molecule has 7 heteroatoms. The number of hydrogen-bond donors (Lipinski definition) is 3. The highest BCUT2D eigenvalue weighted by atomic mass is 32.2. The molecule has 0 saturated heterocycles. The Balaban J connectivity index is 0.000000437. The Labute approximate surface area is 102 Å². The Morgan fingerprint density at radius 3 is 2.24 bits per heavy atom. The summed E-state index contributed by atoms with van der Waals surface area (Å²) in [6.07, 6.45) is 2.56. The van der Waals surface area contributed by atoms with E-state index in [0.29, 0.717) is 5.69 Å².